The summed E-state index contributed by atoms with van der Waals surface area (Å²) in [4.78, 5) is 13.3. The number of hydrogen-bond donors (Lipinski definition) is 1. The first kappa shape index (κ1) is 20.7. The quantitative estimate of drug-likeness (QED) is 0.745. The van der Waals surface area contributed by atoms with Crippen molar-refractivity contribution in [2.24, 2.45) is 40.4 Å². The molecule has 4 fully saturated rings. The number of rotatable bonds is 3. The van der Waals surface area contributed by atoms with Gasteiger partial charge in [-0.05, 0) is 112 Å². The number of aryl methyl sites for hydroxylation is 1. The molecule has 4 nitrogen and oxygen atoms in total. The maximum Gasteiger partial charge on any atom is 0.157 e. The fraction of sp³-hybridized carbons (Fsp3) is 0.846. The molecular formula is C26H40N2O2. The SMILES string of the molecule is Cc1cnn(CC(=O)[C@H]2CCC3C4CCC5C[C@](C)(O)CCC5(C)C4CCC32C)c1. The molecule has 4 saturated carbocycles. The number of aromatic nitrogens is 2. The van der Waals surface area contributed by atoms with Crippen molar-refractivity contribution in [1.82, 2.24) is 9.78 Å². The second-order valence-corrected chi connectivity index (χ2v) is 12.2. The van der Waals surface area contributed by atoms with E-state index >= 15 is 0 Å². The largest absolute Gasteiger partial charge is 0.390 e. The highest BCUT2D eigenvalue weighted by Crippen LogP contribution is 2.68. The molecule has 30 heavy (non-hydrogen) atoms. The van der Waals surface area contributed by atoms with Gasteiger partial charge in [0.15, 0.2) is 5.78 Å². The van der Waals surface area contributed by atoms with Crippen LogP contribution in [0.3, 0.4) is 0 Å². The lowest BCUT2D eigenvalue weighted by atomic mass is 9.44. The van der Waals surface area contributed by atoms with Gasteiger partial charge in [0.25, 0.3) is 0 Å². The number of aliphatic hydroxyl groups is 1. The van der Waals surface area contributed by atoms with Gasteiger partial charge in [-0.15, -0.1) is 0 Å². The van der Waals surface area contributed by atoms with E-state index in [1.54, 1.807) is 0 Å². The van der Waals surface area contributed by atoms with Gasteiger partial charge in [-0.3, -0.25) is 9.48 Å². The third-order valence-electron chi connectivity index (χ3n) is 10.4. The molecule has 1 heterocycles. The van der Waals surface area contributed by atoms with Crippen molar-refractivity contribution in [2.75, 3.05) is 0 Å². The van der Waals surface area contributed by atoms with Crippen LogP contribution in [0.4, 0.5) is 0 Å². The Bertz CT molecular complexity index is 829. The van der Waals surface area contributed by atoms with Crippen LogP contribution in [0.25, 0.3) is 0 Å². The van der Waals surface area contributed by atoms with Gasteiger partial charge < -0.3 is 5.11 Å². The van der Waals surface area contributed by atoms with Crippen molar-refractivity contribution < 1.29 is 9.90 Å². The molecule has 1 N–H and O–H groups in total. The van der Waals surface area contributed by atoms with Crippen molar-refractivity contribution in [3.63, 3.8) is 0 Å². The molecule has 0 saturated heterocycles. The second kappa shape index (κ2) is 6.92. The van der Waals surface area contributed by atoms with Crippen LogP contribution in [0, 0.1) is 47.3 Å². The molecule has 4 aliphatic rings. The Labute approximate surface area is 181 Å². The first-order valence-corrected chi connectivity index (χ1v) is 12.4. The van der Waals surface area contributed by atoms with E-state index in [1.807, 2.05) is 30.9 Å². The molecule has 1 aromatic rings. The van der Waals surface area contributed by atoms with Crippen LogP contribution < -0.4 is 0 Å². The van der Waals surface area contributed by atoms with Gasteiger partial charge in [0, 0.05) is 12.1 Å². The number of carbonyl (C=O) groups is 1. The summed E-state index contributed by atoms with van der Waals surface area (Å²) in [5.41, 5.74) is 1.22. The summed E-state index contributed by atoms with van der Waals surface area (Å²) in [6, 6.07) is 0. The van der Waals surface area contributed by atoms with Crippen LogP contribution in [0.2, 0.25) is 0 Å². The summed E-state index contributed by atoms with van der Waals surface area (Å²) in [5, 5.41) is 15.0. The van der Waals surface area contributed by atoms with Gasteiger partial charge in [-0.1, -0.05) is 13.8 Å². The lowest BCUT2D eigenvalue weighted by Crippen LogP contribution is -2.55. The predicted octanol–water partition coefficient (Wildman–Crippen LogP) is 5.17. The summed E-state index contributed by atoms with van der Waals surface area (Å²) in [5.74, 6) is 3.53. The Kier molecular flexibility index (Phi) is 4.78. The molecule has 4 heteroatoms. The number of carbonyl (C=O) groups excluding carboxylic acids is 1. The van der Waals surface area contributed by atoms with E-state index in [0.717, 1.165) is 36.7 Å². The van der Waals surface area contributed by atoms with E-state index in [1.165, 1.54) is 38.5 Å². The molecule has 1 aromatic heterocycles. The molecule has 0 amide bonds. The van der Waals surface area contributed by atoms with Crippen molar-refractivity contribution in [3.8, 4) is 0 Å². The number of Topliss-reactive ketones (excluding diaryl/α,β-unsaturated/α-hetero) is 1. The maximum atomic E-state index is 13.3. The maximum absolute atomic E-state index is 13.3. The third kappa shape index (κ3) is 3.12. The molecule has 0 aliphatic heterocycles. The van der Waals surface area contributed by atoms with Crippen molar-refractivity contribution >= 4 is 5.78 Å². The summed E-state index contributed by atoms with van der Waals surface area (Å²) in [7, 11) is 0. The van der Waals surface area contributed by atoms with E-state index < -0.39 is 5.60 Å². The number of ketones is 1. The minimum atomic E-state index is -0.462. The van der Waals surface area contributed by atoms with Crippen LogP contribution in [0.1, 0.15) is 84.1 Å². The zero-order valence-corrected chi connectivity index (χ0v) is 19.4. The standard InChI is InChI=1S/C26H40N2O2/c1-17-14-27-28(15-17)16-23(29)22-8-7-20-19-6-5-18-13-24(2,30)11-12-25(18,3)21(19)9-10-26(20,22)4/h14-15,18-22,30H,5-13,16H2,1-4H3/t18?,19?,20?,21?,22-,24-,25?,26?/m1/s1. The second-order valence-electron chi connectivity index (χ2n) is 12.2. The van der Waals surface area contributed by atoms with Crippen LogP contribution in [0.15, 0.2) is 12.4 Å². The smallest absolute Gasteiger partial charge is 0.157 e. The van der Waals surface area contributed by atoms with E-state index in [0.29, 0.717) is 29.6 Å². The van der Waals surface area contributed by atoms with Crippen molar-refractivity contribution in [1.29, 1.82) is 0 Å². The van der Waals surface area contributed by atoms with Crippen LogP contribution in [0.5, 0.6) is 0 Å². The topological polar surface area (TPSA) is 55.1 Å². The summed E-state index contributed by atoms with van der Waals surface area (Å²) in [6.45, 7) is 9.50. The Morgan fingerprint density at radius 3 is 2.57 bits per heavy atom. The summed E-state index contributed by atoms with van der Waals surface area (Å²) >= 11 is 0. The van der Waals surface area contributed by atoms with Crippen LogP contribution >= 0.6 is 0 Å². The molecule has 0 aromatic carbocycles. The lowest BCUT2D eigenvalue weighted by molar-refractivity contribution is -0.151. The lowest BCUT2D eigenvalue weighted by Gasteiger charge is -2.61. The molecule has 8 atom stereocenters. The zero-order chi connectivity index (χ0) is 21.3. The molecule has 4 aliphatic carbocycles. The monoisotopic (exact) mass is 412 g/mol. The number of nitrogens with zero attached hydrogens (tertiary/aromatic N) is 2. The highest BCUT2D eigenvalue weighted by atomic mass is 16.3. The highest BCUT2D eigenvalue weighted by Gasteiger charge is 2.61. The first-order chi connectivity index (χ1) is 14.1. The molecule has 0 radical (unpaired) electrons. The first-order valence-electron chi connectivity index (χ1n) is 12.4. The Balaban J connectivity index is 1.34. The number of hydrogen-bond acceptors (Lipinski definition) is 3. The number of fused-ring (bicyclic) bond motifs is 5. The normalized spacial score (nSPS) is 48.0. The molecule has 5 rings (SSSR count). The molecule has 0 bridgehead atoms. The third-order valence-corrected chi connectivity index (χ3v) is 10.4. The molecule has 0 spiro atoms. The fourth-order valence-electron chi connectivity index (χ4n) is 8.78. The minimum Gasteiger partial charge on any atom is -0.390 e. The van der Waals surface area contributed by atoms with E-state index in [4.69, 9.17) is 0 Å². The van der Waals surface area contributed by atoms with Gasteiger partial charge in [0.2, 0.25) is 0 Å². The molecular weight excluding hydrogens is 372 g/mol. The van der Waals surface area contributed by atoms with Gasteiger partial charge in [0.05, 0.1) is 18.3 Å². The zero-order valence-electron chi connectivity index (χ0n) is 19.4. The minimum absolute atomic E-state index is 0.170. The van der Waals surface area contributed by atoms with Gasteiger partial charge in [-0.2, -0.15) is 5.10 Å². The van der Waals surface area contributed by atoms with Gasteiger partial charge >= 0.3 is 0 Å². The molecule has 6 unspecified atom stereocenters. The van der Waals surface area contributed by atoms with E-state index in [-0.39, 0.29) is 11.3 Å². The van der Waals surface area contributed by atoms with E-state index in [2.05, 4.69) is 18.9 Å². The Morgan fingerprint density at radius 1 is 1.07 bits per heavy atom. The average Bonchev–Trinajstić information content (AvgIpc) is 3.24. The van der Waals surface area contributed by atoms with Crippen LogP contribution in [-0.2, 0) is 11.3 Å². The fourth-order valence-corrected chi connectivity index (χ4v) is 8.78. The average molecular weight is 413 g/mol. The van der Waals surface area contributed by atoms with Crippen molar-refractivity contribution in [3.05, 3.63) is 18.0 Å². The Morgan fingerprint density at radius 2 is 1.83 bits per heavy atom. The van der Waals surface area contributed by atoms with E-state index in [9.17, 15) is 9.90 Å². The van der Waals surface area contributed by atoms with Gasteiger partial charge in [0.1, 0.15) is 0 Å². The molecule has 166 valence electrons. The van der Waals surface area contributed by atoms with Crippen LogP contribution in [-0.4, -0.2) is 26.3 Å². The van der Waals surface area contributed by atoms with Crippen molar-refractivity contribution in [2.45, 2.75) is 97.6 Å². The highest BCUT2D eigenvalue weighted by molar-refractivity contribution is 5.82. The van der Waals surface area contributed by atoms with Gasteiger partial charge in [-0.25, -0.2) is 0 Å². The predicted molar refractivity (Wildman–Crippen MR) is 118 cm³/mol. The Hall–Kier alpha value is -1.16. The summed E-state index contributed by atoms with van der Waals surface area (Å²) < 4.78 is 1.83. The summed E-state index contributed by atoms with van der Waals surface area (Å²) in [6.07, 6.45) is 14.3.